The minimum Gasteiger partial charge on any atom is -0.445 e. The zero-order valence-electron chi connectivity index (χ0n) is 15.7. The lowest BCUT2D eigenvalue weighted by molar-refractivity contribution is -0.120. The molecule has 2 aromatic carbocycles. The van der Waals surface area contributed by atoms with Gasteiger partial charge in [-0.1, -0.05) is 58.4 Å². The van der Waals surface area contributed by atoms with E-state index in [0.717, 1.165) is 16.5 Å². The van der Waals surface area contributed by atoms with Crippen molar-refractivity contribution in [3.63, 3.8) is 0 Å². The molecular weight excluding hydrogens is 422 g/mol. The Morgan fingerprint density at radius 2 is 1.71 bits per heavy atom. The van der Waals surface area contributed by atoms with Crippen LogP contribution in [0, 0.1) is 0 Å². The maximum Gasteiger partial charge on any atom is 0.407 e. The summed E-state index contributed by atoms with van der Waals surface area (Å²) in [5.41, 5.74) is 7.58. The molecule has 0 bridgehead atoms. The van der Waals surface area contributed by atoms with Crippen LogP contribution < -0.4 is 16.4 Å². The number of carbonyl (C=O) groups is 2. The smallest absolute Gasteiger partial charge is 0.407 e. The fourth-order valence-corrected chi connectivity index (χ4v) is 2.92. The van der Waals surface area contributed by atoms with Crippen molar-refractivity contribution in [3.05, 3.63) is 70.2 Å². The summed E-state index contributed by atoms with van der Waals surface area (Å²) < 4.78 is 6.18. The van der Waals surface area contributed by atoms with Crippen LogP contribution in [-0.4, -0.2) is 31.1 Å². The third-order valence-electron chi connectivity index (χ3n) is 4.21. The monoisotopic (exact) mass is 447 g/mol. The van der Waals surface area contributed by atoms with E-state index in [2.05, 4.69) is 26.6 Å². The average molecular weight is 448 g/mol. The normalized spacial score (nSPS) is 11.6. The van der Waals surface area contributed by atoms with Crippen molar-refractivity contribution < 1.29 is 14.3 Å². The van der Waals surface area contributed by atoms with Gasteiger partial charge in [0.25, 0.3) is 0 Å². The van der Waals surface area contributed by atoms with Crippen LogP contribution in [0.3, 0.4) is 0 Å². The van der Waals surface area contributed by atoms with Gasteiger partial charge < -0.3 is 21.1 Å². The number of nitrogens with one attached hydrogen (secondary N) is 2. The quantitative estimate of drug-likeness (QED) is 0.461. The lowest BCUT2D eigenvalue weighted by Crippen LogP contribution is -2.42. The van der Waals surface area contributed by atoms with Gasteiger partial charge in [-0.2, -0.15) is 0 Å². The highest BCUT2D eigenvalue weighted by molar-refractivity contribution is 9.10. The zero-order chi connectivity index (χ0) is 20.2. The topological polar surface area (TPSA) is 93.5 Å². The summed E-state index contributed by atoms with van der Waals surface area (Å²) in [5, 5.41) is 5.88. The molecule has 7 heteroatoms. The molecular formula is C21H26BrN3O3. The second kappa shape index (κ2) is 12.2. The largest absolute Gasteiger partial charge is 0.445 e. The number of hydrogen-bond donors (Lipinski definition) is 3. The highest BCUT2D eigenvalue weighted by atomic mass is 79.9. The number of nitrogens with two attached hydrogens (primary N) is 1. The van der Waals surface area contributed by atoms with Crippen LogP contribution in [0.4, 0.5) is 4.79 Å². The zero-order valence-corrected chi connectivity index (χ0v) is 17.3. The van der Waals surface area contributed by atoms with Crippen LogP contribution in [0.2, 0.25) is 0 Å². The Hall–Kier alpha value is -2.38. The number of benzene rings is 2. The van der Waals surface area contributed by atoms with Gasteiger partial charge in [0.15, 0.2) is 0 Å². The molecule has 1 atom stereocenters. The molecule has 2 amide bonds. The van der Waals surface area contributed by atoms with Crippen molar-refractivity contribution in [1.82, 2.24) is 10.6 Å². The third kappa shape index (κ3) is 8.54. The minimum absolute atomic E-state index is 0.230. The Bertz CT molecular complexity index is 738. The van der Waals surface area contributed by atoms with Crippen molar-refractivity contribution in [1.29, 1.82) is 0 Å². The Morgan fingerprint density at radius 3 is 2.39 bits per heavy atom. The molecule has 0 radical (unpaired) electrons. The fourth-order valence-electron chi connectivity index (χ4n) is 2.66. The number of alkyl carbamates (subject to hydrolysis) is 1. The molecule has 28 heavy (non-hydrogen) atoms. The first-order chi connectivity index (χ1) is 13.5. The van der Waals surface area contributed by atoms with E-state index < -0.39 is 12.1 Å². The number of hydrogen-bond acceptors (Lipinski definition) is 4. The van der Waals surface area contributed by atoms with E-state index >= 15 is 0 Å². The molecule has 150 valence electrons. The number of primary amides is 1. The van der Waals surface area contributed by atoms with Gasteiger partial charge >= 0.3 is 6.09 Å². The molecule has 0 aliphatic rings. The van der Waals surface area contributed by atoms with Crippen molar-refractivity contribution in [2.45, 2.75) is 31.9 Å². The summed E-state index contributed by atoms with van der Waals surface area (Å²) >= 11 is 3.41. The SMILES string of the molecule is NC(=O)[C@@H](CCCNC(=O)OCc1ccccc1)NCCc1ccc(Br)cc1. The van der Waals surface area contributed by atoms with Gasteiger partial charge in [-0.15, -0.1) is 0 Å². The lowest BCUT2D eigenvalue weighted by Gasteiger charge is -2.15. The second-order valence-corrected chi connectivity index (χ2v) is 7.33. The van der Waals surface area contributed by atoms with E-state index in [1.807, 2.05) is 54.6 Å². The number of carbonyl (C=O) groups excluding carboxylic acids is 2. The summed E-state index contributed by atoms with van der Waals surface area (Å²) in [4.78, 5) is 23.3. The molecule has 0 aliphatic carbocycles. The predicted molar refractivity (Wildman–Crippen MR) is 113 cm³/mol. The van der Waals surface area contributed by atoms with Crippen LogP contribution in [0.15, 0.2) is 59.1 Å². The molecule has 0 aromatic heterocycles. The Labute approximate surface area is 174 Å². The van der Waals surface area contributed by atoms with Gasteiger partial charge in [0.05, 0.1) is 6.04 Å². The van der Waals surface area contributed by atoms with E-state index in [9.17, 15) is 9.59 Å². The Kier molecular flexibility index (Phi) is 9.51. The molecule has 4 N–H and O–H groups in total. The number of amides is 2. The van der Waals surface area contributed by atoms with E-state index in [0.29, 0.717) is 25.9 Å². The first-order valence-corrected chi connectivity index (χ1v) is 10.1. The maximum absolute atomic E-state index is 11.7. The first kappa shape index (κ1) is 21.9. The van der Waals surface area contributed by atoms with Gasteiger partial charge in [-0.05, 0) is 49.1 Å². The summed E-state index contributed by atoms with van der Waals surface area (Å²) in [6.07, 6.45) is 1.51. The average Bonchev–Trinajstić information content (AvgIpc) is 2.70. The van der Waals surface area contributed by atoms with Gasteiger partial charge in [-0.3, -0.25) is 4.79 Å². The predicted octanol–water partition coefficient (Wildman–Crippen LogP) is 3.14. The van der Waals surface area contributed by atoms with Crippen LogP contribution in [-0.2, 0) is 22.6 Å². The molecule has 2 aromatic rings. The molecule has 0 heterocycles. The van der Waals surface area contributed by atoms with Gasteiger partial charge in [0.1, 0.15) is 6.61 Å². The van der Waals surface area contributed by atoms with Crippen molar-refractivity contribution in [2.75, 3.05) is 13.1 Å². The Balaban J connectivity index is 1.60. The Morgan fingerprint density at radius 1 is 1.00 bits per heavy atom. The second-order valence-electron chi connectivity index (χ2n) is 6.42. The van der Waals surface area contributed by atoms with E-state index in [-0.39, 0.29) is 12.5 Å². The first-order valence-electron chi connectivity index (χ1n) is 9.26. The van der Waals surface area contributed by atoms with Crippen molar-refractivity contribution in [3.8, 4) is 0 Å². The maximum atomic E-state index is 11.7. The number of rotatable bonds is 11. The highest BCUT2D eigenvalue weighted by Crippen LogP contribution is 2.10. The van der Waals surface area contributed by atoms with Gasteiger partial charge in [-0.25, -0.2) is 4.79 Å². The van der Waals surface area contributed by atoms with Crippen LogP contribution in [0.1, 0.15) is 24.0 Å². The molecule has 0 saturated heterocycles. The van der Waals surface area contributed by atoms with Crippen LogP contribution in [0.25, 0.3) is 0 Å². The third-order valence-corrected chi connectivity index (χ3v) is 4.74. The molecule has 0 unspecified atom stereocenters. The standard InChI is InChI=1S/C21H26BrN3O3/c22-18-10-8-16(9-11-18)12-14-24-19(20(23)26)7-4-13-25-21(27)28-15-17-5-2-1-3-6-17/h1-3,5-6,8-11,19,24H,4,7,12-15H2,(H2,23,26)(H,25,27)/t19-/m1/s1. The molecule has 2 rings (SSSR count). The molecule has 0 saturated carbocycles. The molecule has 0 fully saturated rings. The van der Waals surface area contributed by atoms with Crippen molar-refractivity contribution >= 4 is 27.9 Å². The summed E-state index contributed by atoms with van der Waals surface area (Å²) in [6.45, 7) is 1.31. The van der Waals surface area contributed by atoms with E-state index in [1.165, 1.54) is 5.56 Å². The summed E-state index contributed by atoms with van der Waals surface area (Å²) in [5.74, 6) is -0.387. The van der Waals surface area contributed by atoms with E-state index in [4.69, 9.17) is 10.5 Å². The number of halogens is 1. The van der Waals surface area contributed by atoms with Crippen LogP contribution >= 0.6 is 15.9 Å². The highest BCUT2D eigenvalue weighted by Gasteiger charge is 2.14. The summed E-state index contributed by atoms with van der Waals surface area (Å²) in [7, 11) is 0. The minimum atomic E-state index is -0.470. The lowest BCUT2D eigenvalue weighted by atomic mass is 10.1. The van der Waals surface area contributed by atoms with Crippen molar-refractivity contribution in [2.24, 2.45) is 5.73 Å². The van der Waals surface area contributed by atoms with E-state index in [1.54, 1.807) is 0 Å². The molecule has 0 aliphatic heterocycles. The van der Waals surface area contributed by atoms with Gasteiger partial charge in [0.2, 0.25) is 5.91 Å². The van der Waals surface area contributed by atoms with Crippen LogP contribution in [0.5, 0.6) is 0 Å². The fraction of sp³-hybridized carbons (Fsp3) is 0.333. The molecule has 6 nitrogen and oxygen atoms in total. The number of ether oxygens (including phenoxy) is 1. The summed E-state index contributed by atoms with van der Waals surface area (Å²) in [6, 6.07) is 17.1. The van der Waals surface area contributed by atoms with Gasteiger partial charge in [0, 0.05) is 11.0 Å². The molecule has 0 spiro atoms.